The molecule has 0 aromatic carbocycles. The average molecular weight is 256 g/mol. The Kier molecular flexibility index (Phi) is 2.95. The second-order valence-corrected chi connectivity index (χ2v) is 3.75. The van der Waals surface area contributed by atoms with Crippen LogP contribution in [0.2, 0.25) is 0 Å². The van der Waals surface area contributed by atoms with Gasteiger partial charge < -0.3 is 5.11 Å². The number of amidine groups is 1. The van der Waals surface area contributed by atoms with Crippen LogP contribution in [-0.4, -0.2) is 28.3 Å². The minimum Gasteiger partial charge on any atom is -0.355 e. The second-order valence-electron chi connectivity index (χ2n) is 3.75. The minimum absolute atomic E-state index is 0.0580. The number of aliphatic hydroxyl groups is 1. The largest absolute Gasteiger partial charge is 0.355 e. The van der Waals surface area contributed by atoms with E-state index in [4.69, 9.17) is 0 Å². The second kappa shape index (κ2) is 4.30. The van der Waals surface area contributed by atoms with E-state index in [-0.39, 0.29) is 11.5 Å². The van der Waals surface area contributed by atoms with E-state index in [0.717, 1.165) is 6.92 Å². The van der Waals surface area contributed by atoms with Crippen molar-refractivity contribution < 1.29 is 18.7 Å². The third-order valence-electron chi connectivity index (χ3n) is 2.18. The van der Waals surface area contributed by atoms with Gasteiger partial charge in [0.1, 0.15) is 11.4 Å². The molecular formula is C10H10F2N4O2. The van der Waals surface area contributed by atoms with E-state index >= 15 is 0 Å². The van der Waals surface area contributed by atoms with E-state index in [1.807, 2.05) is 0 Å². The van der Waals surface area contributed by atoms with E-state index in [1.165, 1.54) is 18.2 Å². The first-order valence-electron chi connectivity index (χ1n) is 5.05. The predicted molar refractivity (Wildman–Crippen MR) is 58.0 cm³/mol. The molecule has 0 saturated carbocycles. The summed E-state index contributed by atoms with van der Waals surface area (Å²) < 4.78 is 26.2. The number of hydrogen-bond donors (Lipinski definition) is 3. The Bertz CT molecular complexity index is 513. The van der Waals surface area contributed by atoms with Crippen molar-refractivity contribution >= 4 is 11.9 Å². The van der Waals surface area contributed by atoms with Crippen LogP contribution < -0.4 is 10.6 Å². The fourth-order valence-corrected chi connectivity index (χ4v) is 1.39. The van der Waals surface area contributed by atoms with E-state index in [2.05, 4.69) is 20.6 Å². The van der Waals surface area contributed by atoms with E-state index < -0.39 is 24.0 Å². The van der Waals surface area contributed by atoms with Crippen LogP contribution in [0.15, 0.2) is 23.2 Å². The molecule has 2 heterocycles. The number of rotatable bonds is 2. The van der Waals surface area contributed by atoms with Crippen molar-refractivity contribution in [3.63, 3.8) is 0 Å². The number of pyridine rings is 1. The number of hydrogen-bond acceptors (Lipinski definition) is 4. The van der Waals surface area contributed by atoms with Gasteiger partial charge in [0, 0.05) is 6.92 Å². The first kappa shape index (κ1) is 12.4. The minimum atomic E-state index is -3.09. The zero-order valence-electron chi connectivity index (χ0n) is 9.32. The van der Waals surface area contributed by atoms with Gasteiger partial charge in [-0.3, -0.25) is 10.6 Å². The van der Waals surface area contributed by atoms with Gasteiger partial charge in [0.25, 0.3) is 5.92 Å². The lowest BCUT2D eigenvalue weighted by atomic mass is 10.2. The van der Waals surface area contributed by atoms with Gasteiger partial charge >= 0.3 is 6.03 Å². The number of aliphatic imine (C=N–C) groups is 1. The monoisotopic (exact) mass is 256 g/mol. The van der Waals surface area contributed by atoms with Gasteiger partial charge in [0.2, 0.25) is 6.35 Å². The van der Waals surface area contributed by atoms with Crippen LogP contribution >= 0.6 is 0 Å². The summed E-state index contributed by atoms with van der Waals surface area (Å²) in [5, 5.41) is 13.5. The Labute approximate surface area is 101 Å². The highest BCUT2D eigenvalue weighted by atomic mass is 19.3. The van der Waals surface area contributed by atoms with Crippen molar-refractivity contribution in [1.82, 2.24) is 15.6 Å². The molecule has 1 unspecified atom stereocenters. The summed E-state index contributed by atoms with van der Waals surface area (Å²) in [6.45, 7) is 0.719. The number of nitrogens with one attached hydrogen (secondary N) is 2. The summed E-state index contributed by atoms with van der Waals surface area (Å²) in [6, 6.07) is 3.27. The fourth-order valence-electron chi connectivity index (χ4n) is 1.39. The van der Waals surface area contributed by atoms with Gasteiger partial charge in [0.05, 0.1) is 0 Å². The maximum atomic E-state index is 13.1. The van der Waals surface area contributed by atoms with Crippen molar-refractivity contribution in [2.45, 2.75) is 19.2 Å². The molecule has 3 N–H and O–H groups in total. The predicted octanol–water partition coefficient (Wildman–Crippen LogP) is 0.529. The van der Waals surface area contributed by atoms with Crippen molar-refractivity contribution in [2.75, 3.05) is 0 Å². The Morgan fingerprint density at radius 1 is 1.44 bits per heavy atom. The van der Waals surface area contributed by atoms with E-state index in [0.29, 0.717) is 0 Å². The fraction of sp³-hybridized carbons (Fsp3) is 0.300. The number of nitrogens with zero attached hydrogens (tertiary/aromatic N) is 2. The molecule has 1 aromatic heterocycles. The average Bonchev–Trinajstić information content (AvgIpc) is 2.27. The van der Waals surface area contributed by atoms with E-state index in [9.17, 15) is 18.7 Å². The summed E-state index contributed by atoms with van der Waals surface area (Å²) in [5.74, 6) is -3.15. The van der Waals surface area contributed by atoms with Crippen LogP contribution in [0, 0.1) is 0 Å². The van der Waals surface area contributed by atoms with Crippen LogP contribution in [-0.2, 0) is 5.92 Å². The van der Waals surface area contributed by atoms with Gasteiger partial charge in [-0.25, -0.2) is 14.8 Å². The van der Waals surface area contributed by atoms with Crippen LogP contribution in [0.5, 0.6) is 0 Å². The van der Waals surface area contributed by atoms with Crippen LogP contribution in [0.4, 0.5) is 13.6 Å². The number of aliphatic hydroxyl groups excluding tert-OH is 1. The molecule has 0 radical (unpaired) electrons. The summed E-state index contributed by atoms with van der Waals surface area (Å²) >= 11 is 0. The van der Waals surface area contributed by atoms with Gasteiger partial charge in [-0.2, -0.15) is 8.78 Å². The lowest BCUT2D eigenvalue weighted by molar-refractivity contribution is 0.0127. The Balaban J connectivity index is 2.37. The van der Waals surface area contributed by atoms with Crippen LogP contribution in [0.3, 0.4) is 0 Å². The molecule has 1 atom stereocenters. The van der Waals surface area contributed by atoms with Gasteiger partial charge in [-0.1, -0.05) is 6.07 Å². The van der Waals surface area contributed by atoms with Crippen LogP contribution in [0.1, 0.15) is 18.3 Å². The standard InChI is InChI=1S/C10H10F2N4O2/c1-10(11,12)6-4-2-3-5(13-6)7-14-8(17)16-9(18)15-7/h2-4,8,17H,1H3,(H2,14,15,16,18). The number of alkyl halides is 2. The van der Waals surface area contributed by atoms with E-state index in [1.54, 1.807) is 0 Å². The Morgan fingerprint density at radius 2 is 2.17 bits per heavy atom. The Hall–Kier alpha value is -2.09. The van der Waals surface area contributed by atoms with Crippen molar-refractivity contribution in [2.24, 2.45) is 4.99 Å². The summed E-state index contributed by atoms with van der Waals surface area (Å²) in [6.07, 6.45) is -1.42. The molecule has 1 aliphatic rings. The first-order valence-corrected chi connectivity index (χ1v) is 5.05. The number of carbonyl (C=O) groups is 1. The lowest BCUT2D eigenvalue weighted by Crippen LogP contribution is -2.50. The molecule has 96 valence electrons. The normalized spacial score (nSPS) is 19.9. The summed E-state index contributed by atoms with van der Waals surface area (Å²) in [5.41, 5.74) is -0.382. The van der Waals surface area contributed by atoms with Crippen molar-refractivity contribution in [3.05, 3.63) is 29.6 Å². The molecule has 8 heteroatoms. The zero-order chi connectivity index (χ0) is 13.3. The third-order valence-corrected chi connectivity index (χ3v) is 2.18. The molecule has 0 fully saturated rings. The molecule has 1 aliphatic heterocycles. The topological polar surface area (TPSA) is 86.6 Å². The zero-order valence-corrected chi connectivity index (χ0v) is 9.32. The summed E-state index contributed by atoms with van der Waals surface area (Å²) in [4.78, 5) is 18.5. The molecule has 6 nitrogen and oxygen atoms in total. The number of urea groups is 1. The number of amides is 2. The molecule has 0 saturated heterocycles. The SMILES string of the molecule is CC(F)(F)c1cccc(C2=NC(O)NC(=O)N2)n1. The summed E-state index contributed by atoms with van der Waals surface area (Å²) in [7, 11) is 0. The maximum Gasteiger partial charge on any atom is 0.323 e. The highest BCUT2D eigenvalue weighted by molar-refractivity contribution is 6.07. The van der Waals surface area contributed by atoms with Crippen molar-refractivity contribution in [1.29, 1.82) is 0 Å². The third kappa shape index (κ3) is 2.59. The van der Waals surface area contributed by atoms with Gasteiger partial charge in [-0.05, 0) is 12.1 Å². The number of aromatic nitrogens is 1. The molecule has 2 rings (SSSR count). The molecule has 0 spiro atoms. The highest BCUT2D eigenvalue weighted by Crippen LogP contribution is 2.24. The highest BCUT2D eigenvalue weighted by Gasteiger charge is 2.27. The smallest absolute Gasteiger partial charge is 0.323 e. The first-order chi connectivity index (χ1) is 8.36. The van der Waals surface area contributed by atoms with Crippen LogP contribution in [0.25, 0.3) is 0 Å². The van der Waals surface area contributed by atoms with Crippen molar-refractivity contribution in [3.8, 4) is 0 Å². The molecule has 18 heavy (non-hydrogen) atoms. The number of halogens is 2. The molecular weight excluding hydrogens is 246 g/mol. The lowest BCUT2D eigenvalue weighted by Gasteiger charge is -2.19. The maximum absolute atomic E-state index is 13.1. The molecule has 1 aromatic rings. The quantitative estimate of drug-likeness (QED) is 0.721. The molecule has 0 bridgehead atoms. The molecule has 0 aliphatic carbocycles. The number of carbonyl (C=O) groups excluding carboxylic acids is 1. The Morgan fingerprint density at radius 3 is 2.78 bits per heavy atom. The molecule has 2 amide bonds. The van der Waals surface area contributed by atoms with Gasteiger partial charge in [-0.15, -0.1) is 0 Å². The van der Waals surface area contributed by atoms with Gasteiger partial charge in [0.15, 0.2) is 5.84 Å².